The van der Waals surface area contributed by atoms with Crippen LogP contribution in [0.15, 0.2) is 51.3 Å². The van der Waals surface area contributed by atoms with E-state index >= 15 is 0 Å². The SMILES string of the molecule is O=C(O)CCCCCNC(=O)/C(=C\c1ccco1)NC(=O)c1ccco1. The molecule has 0 radical (unpaired) electrons. The van der Waals surface area contributed by atoms with E-state index in [1.54, 1.807) is 18.2 Å². The van der Waals surface area contributed by atoms with Crippen LogP contribution < -0.4 is 10.6 Å². The summed E-state index contributed by atoms with van der Waals surface area (Å²) in [6.07, 6.45) is 6.22. The second-order valence-electron chi connectivity index (χ2n) is 5.47. The lowest BCUT2D eigenvalue weighted by Crippen LogP contribution is -2.35. The van der Waals surface area contributed by atoms with Gasteiger partial charge in [-0.1, -0.05) is 6.42 Å². The van der Waals surface area contributed by atoms with Gasteiger partial charge in [-0.15, -0.1) is 0 Å². The summed E-state index contributed by atoms with van der Waals surface area (Å²) in [4.78, 5) is 34.9. The Kier molecular flexibility index (Phi) is 7.23. The summed E-state index contributed by atoms with van der Waals surface area (Å²) in [6.45, 7) is 0.366. The number of carbonyl (C=O) groups is 3. The van der Waals surface area contributed by atoms with Gasteiger partial charge < -0.3 is 24.6 Å². The lowest BCUT2D eigenvalue weighted by atomic mass is 10.2. The van der Waals surface area contributed by atoms with Crippen LogP contribution in [0.1, 0.15) is 42.0 Å². The van der Waals surface area contributed by atoms with Crippen LogP contribution in [0.4, 0.5) is 0 Å². The molecule has 0 aliphatic rings. The van der Waals surface area contributed by atoms with E-state index in [1.165, 1.54) is 24.7 Å². The molecule has 0 aliphatic carbocycles. The van der Waals surface area contributed by atoms with Crippen LogP contribution in [0.5, 0.6) is 0 Å². The minimum absolute atomic E-state index is 0.0203. The first kappa shape index (κ1) is 19.0. The van der Waals surface area contributed by atoms with Crippen molar-refractivity contribution >= 4 is 23.9 Å². The Morgan fingerprint density at radius 3 is 2.46 bits per heavy atom. The third kappa shape index (κ3) is 6.31. The van der Waals surface area contributed by atoms with Crippen LogP contribution in [-0.2, 0) is 9.59 Å². The summed E-state index contributed by atoms with van der Waals surface area (Å²) in [5.41, 5.74) is 0.0203. The van der Waals surface area contributed by atoms with E-state index in [0.29, 0.717) is 31.6 Å². The van der Waals surface area contributed by atoms with E-state index in [1.807, 2.05) is 0 Å². The molecule has 0 atom stereocenters. The Balaban J connectivity index is 1.92. The molecule has 3 N–H and O–H groups in total. The molecule has 138 valence electrons. The summed E-state index contributed by atoms with van der Waals surface area (Å²) >= 11 is 0. The molecule has 0 saturated heterocycles. The van der Waals surface area contributed by atoms with Gasteiger partial charge >= 0.3 is 5.97 Å². The van der Waals surface area contributed by atoms with Crippen LogP contribution >= 0.6 is 0 Å². The number of furan rings is 2. The average molecular weight is 360 g/mol. The Bertz CT molecular complexity index is 747. The molecule has 0 saturated carbocycles. The fraction of sp³-hybridized carbons (Fsp3) is 0.278. The maximum absolute atomic E-state index is 12.4. The fourth-order valence-corrected chi connectivity index (χ4v) is 2.14. The first-order valence-corrected chi connectivity index (χ1v) is 8.16. The highest BCUT2D eigenvalue weighted by atomic mass is 16.4. The number of nitrogens with one attached hydrogen (secondary N) is 2. The van der Waals surface area contributed by atoms with Crippen molar-refractivity contribution in [3.63, 3.8) is 0 Å². The first-order chi connectivity index (χ1) is 12.6. The minimum atomic E-state index is -0.835. The number of hydrogen-bond donors (Lipinski definition) is 3. The van der Waals surface area contributed by atoms with Gasteiger partial charge in [-0.3, -0.25) is 14.4 Å². The summed E-state index contributed by atoms with van der Waals surface area (Å²) in [6, 6.07) is 6.37. The minimum Gasteiger partial charge on any atom is -0.481 e. The largest absolute Gasteiger partial charge is 0.481 e. The number of carbonyl (C=O) groups excluding carboxylic acids is 2. The summed E-state index contributed by atoms with van der Waals surface area (Å²) in [5, 5.41) is 13.8. The van der Waals surface area contributed by atoms with Crippen molar-refractivity contribution in [1.82, 2.24) is 10.6 Å². The van der Waals surface area contributed by atoms with Crippen molar-refractivity contribution < 1.29 is 28.3 Å². The number of amides is 2. The molecule has 0 fully saturated rings. The highest BCUT2D eigenvalue weighted by Gasteiger charge is 2.16. The molecule has 2 amide bonds. The molecule has 8 nitrogen and oxygen atoms in total. The Morgan fingerprint density at radius 2 is 1.81 bits per heavy atom. The quantitative estimate of drug-likeness (QED) is 0.442. The second kappa shape index (κ2) is 9.87. The third-order valence-corrected chi connectivity index (χ3v) is 3.42. The molecular formula is C18H20N2O6. The number of unbranched alkanes of at least 4 members (excludes halogenated alkanes) is 2. The Labute approximate surface area is 149 Å². The molecule has 26 heavy (non-hydrogen) atoms. The number of carboxylic acid groups (broad SMARTS) is 1. The molecule has 0 bridgehead atoms. The predicted molar refractivity (Wildman–Crippen MR) is 92.0 cm³/mol. The van der Waals surface area contributed by atoms with Crippen molar-refractivity contribution in [2.45, 2.75) is 25.7 Å². The molecule has 2 aromatic heterocycles. The Hall–Kier alpha value is -3.29. The molecule has 2 heterocycles. The van der Waals surface area contributed by atoms with Gasteiger partial charge in [0.05, 0.1) is 12.5 Å². The van der Waals surface area contributed by atoms with Crippen LogP contribution in [0.3, 0.4) is 0 Å². The topological polar surface area (TPSA) is 122 Å². The summed E-state index contributed by atoms with van der Waals surface area (Å²) in [7, 11) is 0. The smallest absolute Gasteiger partial charge is 0.303 e. The van der Waals surface area contributed by atoms with E-state index in [2.05, 4.69) is 10.6 Å². The van der Waals surface area contributed by atoms with Gasteiger partial charge in [-0.25, -0.2) is 0 Å². The molecule has 0 aromatic carbocycles. The van der Waals surface area contributed by atoms with E-state index in [9.17, 15) is 14.4 Å². The molecule has 0 aliphatic heterocycles. The summed E-state index contributed by atoms with van der Waals surface area (Å²) in [5.74, 6) is -1.37. The van der Waals surface area contributed by atoms with Gasteiger partial charge in [0.1, 0.15) is 11.5 Å². The molecular weight excluding hydrogens is 340 g/mol. The maximum Gasteiger partial charge on any atom is 0.303 e. The number of aliphatic carboxylic acids is 1. The van der Waals surface area contributed by atoms with Gasteiger partial charge in [-0.05, 0) is 37.1 Å². The summed E-state index contributed by atoms with van der Waals surface area (Å²) < 4.78 is 10.2. The average Bonchev–Trinajstić information content (AvgIpc) is 3.30. The molecule has 0 spiro atoms. The standard InChI is InChI=1S/C18H20N2O6/c21-16(22)8-2-1-3-9-19-17(23)14(12-13-6-4-10-25-13)20-18(24)15-7-5-11-26-15/h4-7,10-12H,1-3,8-9H2,(H,19,23)(H,20,24)(H,21,22)/b14-12+. The van der Waals surface area contributed by atoms with Crippen molar-refractivity contribution in [3.8, 4) is 0 Å². The maximum atomic E-state index is 12.4. The van der Waals surface area contributed by atoms with E-state index < -0.39 is 17.8 Å². The van der Waals surface area contributed by atoms with Crippen LogP contribution in [-0.4, -0.2) is 29.4 Å². The zero-order valence-electron chi connectivity index (χ0n) is 14.1. The zero-order valence-corrected chi connectivity index (χ0v) is 14.1. The van der Waals surface area contributed by atoms with Crippen molar-refractivity contribution in [2.24, 2.45) is 0 Å². The van der Waals surface area contributed by atoms with Gasteiger partial charge in [-0.2, -0.15) is 0 Å². The van der Waals surface area contributed by atoms with E-state index in [-0.39, 0.29) is 17.9 Å². The van der Waals surface area contributed by atoms with Crippen molar-refractivity contribution in [2.75, 3.05) is 6.54 Å². The third-order valence-electron chi connectivity index (χ3n) is 3.42. The van der Waals surface area contributed by atoms with E-state index in [4.69, 9.17) is 13.9 Å². The molecule has 2 rings (SSSR count). The van der Waals surface area contributed by atoms with Gasteiger partial charge in [0.25, 0.3) is 11.8 Å². The number of hydrogen-bond acceptors (Lipinski definition) is 5. The highest BCUT2D eigenvalue weighted by molar-refractivity contribution is 6.04. The molecule has 8 heteroatoms. The zero-order chi connectivity index (χ0) is 18.8. The molecule has 0 unspecified atom stereocenters. The van der Waals surface area contributed by atoms with Gasteiger partial charge in [0.2, 0.25) is 0 Å². The monoisotopic (exact) mass is 360 g/mol. The van der Waals surface area contributed by atoms with Gasteiger partial charge in [0.15, 0.2) is 5.76 Å². The van der Waals surface area contributed by atoms with Crippen LogP contribution in [0.2, 0.25) is 0 Å². The molecule has 2 aromatic rings. The normalized spacial score (nSPS) is 11.2. The highest BCUT2D eigenvalue weighted by Crippen LogP contribution is 2.08. The van der Waals surface area contributed by atoms with Crippen LogP contribution in [0, 0.1) is 0 Å². The van der Waals surface area contributed by atoms with E-state index in [0.717, 1.165) is 0 Å². The Morgan fingerprint density at radius 1 is 1.04 bits per heavy atom. The second-order valence-corrected chi connectivity index (χ2v) is 5.47. The lowest BCUT2D eigenvalue weighted by Gasteiger charge is -2.09. The van der Waals surface area contributed by atoms with Gasteiger partial charge in [0, 0.05) is 19.0 Å². The van der Waals surface area contributed by atoms with Crippen molar-refractivity contribution in [1.29, 1.82) is 0 Å². The van der Waals surface area contributed by atoms with Crippen molar-refractivity contribution in [3.05, 3.63) is 54.0 Å². The number of carboxylic acids is 1. The number of rotatable bonds is 10. The predicted octanol–water partition coefficient (Wildman–Crippen LogP) is 2.40. The van der Waals surface area contributed by atoms with Crippen LogP contribution in [0.25, 0.3) is 6.08 Å². The lowest BCUT2D eigenvalue weighted by molar-refractivity contribution is -0.137. The first-order valence-electron chi connectivity index (χ1n) is 8.16. The fourth-order valence-electron chi connectivity index (χ4n) is 2.14.